The van der Waals surface area contributed by atoms with Crippen molar-refractivity contribution in [2.24, 2.45) is 0 Å². The third kappa shape index (κ3) is 2.99. The molecule has 0 saturated heterocycles. The Kier molecular flexibility index (Phi) is 4.82. The van der Waals surface area contributed by atoms with E-state index >= 15 is 0 Å². The van der Waals surface area contributed by atoms with Crippen LogP contribution in [0, 0.1) is 0 Å². The highest BCUT2D eigenvalue weighted by molar-refractivity contribution is 7.79. The molecule has 0 aliphatic heterocycles. The van der Waals surface area contributed by atoms with Gasteiger partial charge in [0.05, 0.1) is 22.1 Å². The molecule has 4 aromatic carbocycles. The van der Waals surface area contributed by atoms with Crippen molar-refractivity contribution in [3.8, 4) is 16.9 Å². The molecule has 4 aromatic rings. The third-order valence-electron chi connectivity index (χ3n) is 4.54. The second-order valence-corrected chi connectivity index (χ2v) is 7.74. The van der Waals surface area contributed by atoms with Crippen LogP contribution in [0.1, 0.15) is 0 Å². The van der Waals surface area contributed by atoms with E-state index in [2.05, 4.69) is 0 Å². The van der Waals surface area contributed by atoms with Gasteiger partial charge in [0.1, 0.15) is 5.75 Å². The van der Waals surface area contributed by atoms with E-state index in [1.807, 2.05) is 54.6 Å². The van der Waals surface area contributed by atoms with Crippen molar-refractivity contribution in [3.63, 3.8) is 0 Å². The van der Waals surface area contributed by atoms with Crippen molar-refractivity contribution in [3.05, 3.63) is 70.7 Å². The first kappa shape index (κ1) is 18.3. The van der Waals surface area contributed by atoms with Gasteiger partial charge in [-0.1, -0.05) is 71.7 Å². The summed E-state index contributed by atoms with van der Waals surface area (Å²) in [5.41, 5.74) is 1.20. The standard InChI is InChI=1S/C21H14Cl2O3S/c1-26-20-16(22)10-12-6-2-4-8-14(12)18(20)19-15-9-5-3-7-13(15)11-17(23)21(19)27(24)25/h2-11H,1H3,(H,24,25). The monoisotopic (exact) mass is 416 g/mol. The average Bonchev–Trinajstić information content (AvgIpc) is 2.65. The molecule has 0 fully saturated rings. The van der Waals surface area contributed by atoms with E-state index < -0.39 is 11.1 Å². The van der Waals surface area contributed by atoms with Crippen LogP contribution >= 0.6 is 23.2 Å². The Balaban J connectivity index is 2.31. The molecule has 3 nitrogen and oxygen atoms in total. The van der Waals surface area contributed by atoms with Crippen LogP contribution in [-0.4, -0.2) is 15.9 Å². The molecule has 0 spiro atoms. The molecule has 0 aliphatic rings. The summed E-state index contributed by atoms with van der Waals surface area (Å²) in [5, 5.41) is 4.05. The largest absolute Gasteiger partial charge is 0.495 e. The van der Waals surface area contributed by atoms with Crippen LogP contribution in [0.15, 0.2) is 65.6 Å². The molecule has 1 N–H and O–H groups in total. The molecule has 0 heterocycles. The molecular formula is C21H14Cl2O3S. The summed E-state index contributed by atoms with van der Waals surface area (Å²) in [6, 6.07) is 18.8. The highest BCUT2D eigenvalue weighted by atomic mass is 35.5. The van der Waals surface area contributed by atoms with Gasteiger partial charge in [-0.15, -0.1) is 0 Å². The summed E-state index contributed by atoms with van der Waals surface area (Å²) >= 11 is 10.6. The zero-order valence-electron chi connectivity index (χ0n) is 14.2. The highest BCUT2D eigenvalue weighted by Crippen LogP contribution is 2.48. The van der Waals surface area contributed by atoms with Crippen LogP contribution in [0.4, 0.5) is 0 Å². The molecule has 6 heteroatoms. The van der Waals surface area contributed by atoms with Gasteiger partial charge in [-0.25, -0.2) is 4.21 Å². The topological polar surface area (TPSA) is 46.5 Å². The first-order valence-corrected chi connectivity index (χ1v) is 9.97. The van der Waals surface area contributed by atoms with E-state index in [0.29, 0.717) is 21.9 Å². The second-order valence-electron chi connectivity index (χ2n) is 6.02. The lowest BCUT2D eigenvalue weighted by Gasteiger charge is -2.19. The zero-order valence-corrected chi connectivity index (χ0v) is 16.5. The SMILES string of the molecule is COc1c(Cl)cc2ccccc2c1-c1c(S(=O)O)c(Cl)cc2ccccc12. The molecule has 1 atom stereocenters. The van der Waals surface area contributed by atoms with Gasteiger partial charge < -0.3 is 9.29 Å². The van der Waals surface area contributed by atoms with Gasteiger partial charge in [-0.2, -0.15) is 0 Å². The number of methoxy groups -OCH3 is 1. The van der Waals surface area contributed by atoms with Crippen LogP contribution in [0.25, 0.3) is 32.7 Å². The van der Waals surface area contributed by atoms with Crippen LogP contribution in [0.5, 0.6) is 5.75 Å². The Hall–Kier alpha value is -2.11. The van der Waals surface area contributed by atoms with E-state index in [-0.39, 0.29) is 9.92 Å². The Labute approximate surface area is 168 Å². The minimum Gasteiger partial charge on any atom is -0.495 e. The summed E-state index contributed by atoms with van der Waals surface area (Å²) in [6.07, 6.45) is 0. The summed E-state index contributed by atoms with van der Waals surface area (Å²) in [5.74, 6) is 0.439. The lowest BCUT2D eigenvalue weighted by molar-refractivity contribution is 0.417. The van der Waals surface area contributed by atoms with Gasteiger partial charge in [0, 0.05) is 11.1 Å². The van der Waals surface area contributed by atoms with Crippen LogP contribution < -0.4 is 4.74 Å². The van der Waals surface area contributed by atoms with Crippen LogP contribution in [-0.2, 0) is 11.1 Å². The average molecular weight is 417 g/mol. The van der Waals surface area contributed by atoms with Crippen LogP contribution in [0.3, 0.4) is 0 Å². The Morgan fingerprint density at radius 1 is 0.852 bits per heavy atom. The maximum absolute atomic E-state index is 12.2. The Bertz CT molecular complexity index is 1220. The van der Waals surface area contributed by atoms with Crippen molar-refractivity contribution >= 4 is 55.8 Å². The number of hydrogen-bond acceptors (Lipinski definition) is 2. The highest BCUT2D eigenvalue weighted by Gasteiger charge is 2.24. The van der Waals surface area contributed by atoms with Crippen molar-refractivity contribution in [1.29, 1.82) is 0 Å². The van der Waals surface area contributed by atoms with Gasteiger partial charge in [0.2, 0.25) is 0 Å². The van der Waals surface area contributed by atoms with E-state index in [1.165, 1.54) is 7.11 Å². The van der Waals surface area contributed by atoms with Gasteiger partial charge in [-0.05, 0) is 33.7 Å². The van der Waals surface area contributed by atoms with Crippen molar-refractivity contribution in [2.75, 3.05) is 7.11 Å². The molecule has 1 unspecified atom stereocenters. The molecule has 0 bridgehead atoms. The normalized spacial score (nSPS) is 12.4. The number of ether oxygens (including phenoxy) is 1. The smallest absolute Gasteiger partial charge is 0.188 e. The number of hydrogen-bond donors (Lipinski definition) is 1. The Morgan fingerprint density at radius 2 is 1.37 bits per heavy atom. The van der Waals surface area contributed by atoms with Gasteiger partial charge in [0.15, 0.2) is 11.1 Å². The van der Waals surface area contributed by atoms with Crippen molar-refractivity contribution in [2.45, 2.75) is 4.90 Å². The van der Waals surface area contributed by atoms with E-state index in [4.69, 9.17) is 27.9 Å². The lowest BCUT2D eigenvalue weighted by atomic mass is 9.93. The first-order valence-electron chi connectivity index (χ1n) is 8.10. The van der Waals surface area contributed by atoms with E-state index in [1.54, 1.807) is 6.07 Å². The minimum atomic E-state index is -2.30. The molecule has 136 valence electrons. The summed E-state index contributed by atoms with van der Waals surface area (Å²) < 4.78 is 27.9. The number of rotatable bonds is 3. The number of fused-ring (bicyclic) bond motifs is 2. The fourth-order valence-corrected chi connectivity index (χ4v) is 4.77. The van der Waals surface area contributed by atoms with Gasteiger partial charge >= 0.3 is 0 Å². The first-order chi connectivity index (χ1) is 13.0. The molecule has 0 aromatic heterocycles. The van der Waals surface area contributed by atoms with Gasteiger partial charge in [-0.3, -0.25) is 0 Å². The predicted octanol–water partition coefficient (Wildman–Crippen LogP) is 6.56. The van der Waals surface area contributed by atoms with E-state index in [9.17, 15) is 8.76 Å². The third-order valence-corrected chi connectivity index (χ3v) is 6.01. The molecule has 0 amide bonds. The molecule has 27 heavy (non-hydrogen) atoms. The molecule has 0 aliphatic carbocycles. The zero-order chi connectivity index (χ0) is 19.1. The molecule has 0 radical (unpaired) electrons. The maximum atomic E-state index is 12.2. The van der Waals surface area contributed by atoms with Gasteiger partial charge in [0.25, 0.3) is 0 Å². The summed E-state index contributed by atoms with van der Waals surface area (Å²) in [7, 11) is 1.53. The molecule has 0 saturated carbocycles. The predicted molar refractivity (Wildman–Crippen MR) is 112 cm³/mol. The van der Waals surface area contributed by atoms with Crippen molar-refractivity contribution in [1.82, 2.24) is 0 Å². The lowest BCUT2D eigenvalue weighted by Crippen LogP contribution is -1.99. The number of benzene rings is 4. The van der Waals surface area contributed by atoms with E-state index in [0.717, 1.165) is 21.5 Å². The number of halogens is 2. The second kappa shape index (κ2) is 7.13. The maximum Gasteiger partial charge on any atom is 0.188 e. The summed E-state index contributed by atoms with van der Waals surface area (Å²) in [4.78, 5) is 0.140. The van der Waals surface area contributed by atoms with Crippen molar-refractivity contribution < 1.29 is 13.5 Å². The fourth-order valence-electron chi connectivity index (χ4n) is 3.46. The van der Waals surface area contributed by atoms with Crippen LogP contribution in [0.2, 0.25) is 10.0 Å². The molecular weight excluding hydrogens is 403 g/mol. The Morgan fingerprint density at radius 3 is 1.93 bits per heavy atom. The molecule has 4 rings (SSSR count). The minimum absolute atomic E-state index is 0.140. The quantitative estimate of drug-likeness (QED) is 0.384. The fraction of sp³-hybridized carbons (Fsp3) is 0.0476. The summed E-state index contributed by atoms with van der Waals surface area (Å²) in [6.45, 7) is 0.